The summed E-state index contributed by atoms with van der Waals surface area (Å²) in [5, 5.41) is 0.158. The number of alkyl halides is 5. The van der Waals surface area contributed by atoms with E-state index in [0.29, 0.717) is 6.07 Å². The van der Waals surface area contributed by atoms with Gasteiger partial charge in [-0.05, 0) is 24.3 Å². The topological polar surface area (TPSA) is 61.9 Å². The van der Waals surface area contributed by atoms with E-state index >= 15 is 0 Å². The predicted octanol–water partition coefficient (Wildman–Crippen LogP) is 4.03. The zero-order valence-electron chi connectivity index (χ0n) is 14.9. The number of fused-ring (bicyclic) bond motifs is 3. The summed E-state index contributed by atoms with van der Waals surface area (Å²) < 4.78 is 84.8. The third-order valence-electron chi connectivity index (χ3n) is 4.36. The van der Waals surface area contributed by atoms with Gasteiger partial charge in [0.25, 0.3) is 5.56 Å². The summed E-state index contributed by atoms with van der Waals surface area (Å²) in [5.41, 5.74) is -2.59. The van der Waals surface area contributed by atoms with Crippen LogP contribution in [0.1, 0.15) is 5.69 Å². The molecule has 0 bridgehead atoms. The second kappa shape index (κ2) is 6.75. The highest BCUT2D eigenvalue weighted by Crippen LogP contribution is 2.31. The zero-order chi connectivity index (χ0) is 21.8. The van der Waals surface area contributed by atoms with Crippen molar-refractivity contribution in [3.8, 4) is 11.4 Å². The molecule has 0 radical (unpaired) electrons. The van der Waals surface area contributed by atoms with Gasteiger partial charge in [-0.3, -0.25) is 9.36 Å². The van der Waals surface area contributed by atoms with E-state index in [1.165, 1.54) is 10.9 Å². The molecule has 12 heteroatoms. The van der Waals surface area contributed by atoms with E-state index in [1.807, 2.05) is 0 Å². The molecule has 0 saturated heterocycles. The summed E-state index contributed by atoms with van der Waals surface area (Å²) in [7, 11) is 1.55. The largest absolute Gasteiger partial charge is 0.433 e. The summed E-state index contributed by atoms with van der Waals surface area (Å²) >= 11 is 0. The van der Waals surface area contributed by atoms with Crippen LogP contribution in [0.5, 0.6) is 5.75 Å². The van der Waals surface area contributed by atoms with Gasteiger partial charge in [-0.1, -0.05) is 0 Å². The highest BCUT2D eigenvalue weighted by Gasteiger charge is 2.33. The quantitative estimate of drug-likeness (QED) is 0.463. The van der Waals surface area contributed by atoms with Gasteiger partial charge in [-0.25, -0.2) is 14.4 Å². The van der Waals surface area contributed by atoms with Crippen molar-refractivity contribution in [3.63, 3.8) is 0 Å². The van der Waals surface area contributed by atoms with Crippen molar-refractivity contribution in [1.82, 2.24) is 19.1 Å². The van der Waals surface area contributed by atoms with E-state index in [2.05, 4.69) is 14.7 Å². The number of aryl methyl sites for hydroxylation is 1. The van der Waals surface area contributed by atoms with Gasteiger partial charge in [0.05, 0.1) is 17.5 Å². The van der Waals surface area contributed by atoms with E-state index in [-0.39, 0.29) is 22.1 Å². The maximum absolute atomic E-state index is 14.2. The minimum Gasteiger partial charge on any atom is -0.432 e. The van der Waals surface area contributed by atoms with Crippen LogP contribution >= 0.6 is 0 Å². The molecule has 6 nitrogen and oxygen atoms in total. The lowest BCUT2D eigenvalue weighted by molar-refractivity contribution is -0.141. The van der Waals surface area contributed by atoms with Crippen molar-refractivity contribution < 1.29 is 31.1 Å². The molecule has 156 valence electrons. The normalized spacial score (nSPS) is 12.3. The summed E-state index contributed by atoms with van der Waals surface area (Å²) in [6.07, 6.45) is -3.50. The van der Waals surface area contributed by atoms with E-state index in [9.17, 15) is 31.1 Å². The Bertz CT molecular complexity index is 1340. The van der Waals surface area contributed by atoms with Crippen molar-refractivity contribution in [2.24, 2.45) is 7.05 Å². The molecule has 0 saturated carbocycles. The standard InChI is InChI=1S/C18H10F6N4O2/c1-27-7-25-13-14(27)9-3-5-12(18(22,23)24)26-15(9)28(16(13)29)8-2-4-11(10(19)6-8)30-17(20)21/h2-7,17H,1H3. The Kier molecular flexibility index (Phi) is 4.44. The Hall–Kier alpha value is -3.57. The predicted molar refractivity (Wildman–Crippen MR) is 93.2 cm³/mol. The molecule has 0 aliphatic rings. The number of benzene rings is 1. The molecular weight excluding hydrogens is 418 g/mol. The first-order valence-corrected chi connectivity index (χ1v) is 8.26. The first kappa shape index (κ1) is 19.7. The van der Waals surface area contributed by atoms with Crippen molar-refractivity contribution in [3.05, 3.63) is 58.5 Å². The van der Waals surface area contributed by atoms with Gasteiger partial charge < -0.3 is 9.30 Å². The number of aromatic nitrogens is 4. The molecule has 3 heterocycles. The molecule has 1 aromatic carbocycles. The van der Waals surface area contributed by atoms with Crippen molar-refractivity contribution in [2.75, 3.05) is 0 Å². The number of hydrogen-bond donors (Lipinski definition) is 0. The fourth-order valence-corrected chi connectivity index (χ4v) is 3.13. The first-order valence-electron chi connectivity index (χ1n) is 8.26. The lowest BCUT2D eigenvalue weighted by atomic mass is 10.2. The van der Waals surface area contributed by atoms with Gasteiger partial charge in [0.15, 0.2) is 17.1 Å². The zero-order valence-corrected chi connectivity index (χ0v) is 14.9. The van der Waals surface area contributed by atoms with Crippen LogP contribution in [0.2, 0.25) is 0 Å². The molecule has 0 atom stereocenters. The fourth-order valence-electron chi connectivity index (χ4n) is 3.13. The van der Waals surface area contributed by atoms with E-state index < -0.39 is 41.3 Å². The van der Waals surface area contributed by atoms with Crippen LogP contribution in [-0.2, 0) is 13.2 Å². The fraction of sp³-hybridized carbons (Fsp3) is 0.167. The molecule has 0 fully saturated rings. The van der Waals surface area contributed by atoms with Gasteiger partial charge in [0.1, 0.15) is 11.3 Å². The Morgan fingerprint density at radius 3 is 2.50 bits per heavy atom. The van der Waals surface area contributed by atoms with Crippen LogP contribution in [-0.4, -0.2) is 25.7 Å². The monoisotopic (exact) mass is 428 g/mol. The molecule has 4 rings (SSSR count). The molecule has 0 unspecified atom stereocenters. The molecular formula is C18H10F6N4O2. The van der Waals surface area contributed by atoms with E-state index in [0.717, 1.165) is 28.8 Å². The van der Waals surface area contributed by atoms with E-state index in [1.54, 1.807) is 7.05 Å². The lowest BCUT2D eigenvalue weighted by Gasteiger charge is -2.14. The average Bonchev–Trinajstić information content (AvgIpc) is 3.05. The van der Waals surface area contributed by atoms with Crippen LogP contribution in [0.3, 0.4) is 0 Å². The van der Waals surface area contributed by atoms with Gasteiger partial charge in [0, 0.05) is 18.5 Å². The molecule has 0 amide bonds. The molecule has 30 heavy (non-hydrogen) atoms. The average molecular weight is 428 g/mol. The van der Waals surface area contributed by atoms with Crippen molar-refractivity contribution >= 4 is 22.1 Å². The molecule has 0 aliphatic heterocycles. The summed E-state index contributed by atoms with van der Waals surface area (Å²) in [4.78, 5) is 20.5. The number of rotatable bonds is 3. The Morgan fingerprint density at radius 2 is 1.87 bits per heavy atom. The van der Waals surface area contributed by atoms with Gasteiger partial charge >= 0.3 is 12.8 Å². The van der Waals surface area contributed by atoms with Gasteiger partial charge in [0.2, 0.25) is 0 Å². The summed E-state index contributed by atoms with van der Waals surface area (Å²) in [5.74, 6) is -2.02. The van der Waals surface area contributed by atoms with E-state index in [4.69, 9.17) is 0 Å². The minimum absolute atomic E-state index is 0.0835. The third-order valence-corrected chi connectivity index (χ3v) is 4.36. The summed E-state index contributed by atoms with van der Waals surface area (Å²) in [6.45, 7) is -3.28. The van der Waals surface area contributed by atoms with Crippen LogP contribution < -0.4 is 10.3 Å². The minimum atomic E-state index is -4.79. The van der Waals surface area contributed by atoms with Crippen LogP contribution in [0, 0.1) is 5.82 Å². The number of pyridine rings is 2. The van der Waals surface area contributed by atoms with Crippen LogP contribution in [0.15, 0.2) is 41.5 Å². The highest BCUT2D eigenvalue weighted by atomic mass is 19.4. The Morgan fingerprint density at radius 1 is 1.13 bits per heavy atom. The molecule has 0 aliphatic carbocycles. The van der Waals surface area contributed by atoms with Gasteiger partial charge in [-0.2, -0.15) is 22.0 Å². The number of imidazole rings is 1. The number of halogens is 6. The van der Waals surface area contributed by atoms with Crippen molar-refractivity contribution in [2.45, 2.75) is 12.8 Å². The SMILES string of the molecule is Cn1cnc2c(=O)n(-c3ccc(OC(F)F)c(F)c3)c3nc(C(F)(F)F)ccc3c21. The molecule has 0 N–H and O–H groups in total. The highest BCUT2D eigenvalue weighted by molar-refractivity contribution is 6.01. The molecule has 3 aromatic heterocycles. The lowest BCUT2D eigenvalue weighted by Crippen LogP contribution is -2.22. The molecule has 0 spiro atoms. The third kappa shape index (κ3) is 3.13. The van der Waals surface area contributed by atoms with Crippen molar-refractivity contribution in [1.29, 1.82) is 0 Å². The Balaban J connectivity index is 2.08. The number of ether oxygens (including phenoxy) is 1. The van der Waals surface area contributed by atoms with Crippen LogP contribution in [0.4, 0.5) is 26.3 Å². The summed E-state index contributed by atoms with van der Waals surface area (Å²) in [6, 6.07) is 4.47. The maximum Gasteiger partial charge on any atom is 0.433 e. The molecule has 4 aromatic rings. The number of nitrogens with zero attached hydrogens (tertiary/aromatic N) is 4. The smallest absolute Gasteiger partial charge is 0.432 e. The van der Waals surface area contributed by atoms with Crippen LogP contribution in [0.25, 0.3) is 27.8 Å². The second-order valence-electron chi connectivity index (χ2n) is 6.25. The second-order valence-corrected chi connectivity index (χ2v) is 6.25. The first-order chi connectivity index (χ1) is 14.1. The maximum atomic E-state index is 14.2. The number of hydrogen-bond acceptors (Lipinski definition) is 4. The Labute approximate surface area is 163 Å². The van der Waals surface area contributed by atoms with Gasteiger partial charge in [-0.15, -0.1) is 0 Å².